The van der Waals surface area contributed by atoms with Gasteiger partial charge >= 0.3 is 0 Å². The molecule has 0 bridgehead atoms. The average molecular weight is 301 g/mol. The molecule has 0 saturated heterocycles. The number of hydrogen-bond acceptors (Lipinski definition) is 2. The molecule has 1 aromatic rings. The van der Waals surface area contributed by atoms with Crippen LogP contribution in [0.15, 0.2) is 18.2 Å². The molecule has 4 heteroatoms. The van der Waals surface area contributed by atoms with Gasteiger partial charge in [0, 0.05) is 12.5 Å². The Kier molecular flexibility index (Phi) is 5.58. The van der Waals surface area contributed by atoms with Gasteiger partial charge in [-0.15, -0.1) is 0 Å². The van der Waals surface area contributed by atoms with Gasteiger partial charge in [0.25, 0.3) is 0 Å². The Morgan fingerprint density at radius 1 is 1.45 bits per heavy atom. The van der Waals surface area contributed by atoms with E-state index >= 15 is 0 Å². The monoisotopic (exact) mass is 301 g/mol. The molecule has 22 heavy (non-hydrogen) atoms. The molecule has 0 saturated carbocycles. The first-order valence-corrected chi connectivity index (χ1v) is 8.18. The van der Waals surface area contributed by atoms with Crippen LogP contribution in [0.5, 0.6) is 0 Å². The highest BCUT2D eigenvalue weighted by molar-refractivity contribution is 5.89. The van der Waals surface area contributed by atoms with Gasteiger partial charge in [-0.2, -0.15) is 0 Å². The van der Waals surface area contributed by atoms with Crippen molar-refractivity contribution in [3.05, 3.63) is 35.4 Å². The van der Waals surface area contributed by atoms with Crippen LogP contribution >= 0.6 is 0 Å². The summed E-state index contributed by atoms with van der Waals surface area (Å²) in [6.07, 6.45) is 4.54. The molecule has 0 spiro atoms. The molecule has 2 atom stereocenters. The number of amides is 2. The van der Waals surface area contributed by atoms with Crippen molar-refractivity contribution >= 4 is 11.8 Å². The molecule has 1 aliphatic heterocycles. The van der Waals surface area contributed by atoms with Gasteiger partial charge in [0.2, 0.25) is 11.8 Å². The highest BCUT2D eigenvalue weighted by Crippen LogP contribution is 2.31. The van der Waals surface area contributed by atoms with Gasteiger partial charge < -0.3 is 10.6 Å². The Morgan fingerprint density at radius 3 is 2.86 bits per heavy atom. The molecular formula is C18H25N2O2. The normalized spacial score (nSPS) is 18.6. The number of fused-ring (bicyclic) bond motifs is 1. The van der Waals surface area contributed by atoms with E-state index in [0.29, 0.717) is 6.54 Å². The molecule has 0 aliphatic carbocycles. The van der Waals surface area contributed by atoms with Crippen molar-refractivity contribution in [1.82, 2.24) is 4.90 Å². The van der Waals surface area contributed by atoms with Crippen LogP contribution in [0.3, 0.4) is 0 Å². The standard InChI is InChI=1S/C18H25N2O2/c1-3-5-8-13(4-2)18(22)20-12-11-14-9-6-7-10-15(14)16(20)17(19)21/h7,9-10,13,16H,3-5,8,11-12H2,1-2H3,(H2,19,21). The Balaban J connectivity index is 2.26. The molecule has 1 aromatic carbocycles. The Labute approximate surface area is 132 Å². The van der Waals surface area contributed by atoms with Crippen molar-refractivity contribution in [3.8, 4) is 0 Å². The molecule has 119 valence electrons. The van der Waals surface area contributed by atoms with E-state index in [1.165, 1.54) is 0 Å². The van der Waals surface area contributed by atoms with Gasteiger partial charge in [-0.05, 0) is 36.5 Å². The number of unbranched alkanes of at least 4 members (excludes halogenated alkanes) is 1. The Bertz CT molecular complexity index is 542. The van der Waals surface area contributed by atoms with Crippen LogP contribution in [0, 0.1) is 12.0 Å². The van der Waals surface area contributed by atoms with Gasteiger partial charge in [0.05, 0.1) is 0 Å². The summed E-state index contributed by atoms with van der Waals surface area (Å²) in [5, 5.41) is 0. The average Bonchev–Trinajstić information content (AvgIpc) is 2.54. The highest BCUT2D eigenvalue weighted by Gasteiger charge is 2.36. The van der Waals surface area contributed by atoms with Crippen molar-refractivity contribution in [1.29, 1.82) is 0 Å². The van der Waals surface area contributed by atoms with Crippen LogP contribution in [0.4, 0.5) is 0 Å². The molecule has 2 unspecified atom stereocenters. The van der Waals surface area contributed by atoms with Gasteiger partial charge in [-0.3, -0.25) is 9.59 Å². The van der Waals surface area contributed by atoms with Crippen LogP contribution in [-0.2, 0) is 16.0 Å². The van der Waals surface area contributed by atoms with E-state index < -0.39 is 11.9 Å². The molecule has 0 aromatic heterocycles. The molecule has 1 heterocycles. The minimum atomic E-state index is -0.637. The zero-order chi connectivity index (χ0) is 16.1. The summed E-state index contributed by atoms with van der Waals surface area (Å²) in [6.45, 7) is 4.71. The first kappa shape index (κ1) is 16.5. The molecule has 0 fully saturated rings. The zero-order valence-electron chi connectivity index (χ0n) is 13.5. The maximum atomic E-state index is 12.9. The van der Waals surface area contributed by atoms with Crippen molar-refractivity contribution in [2.75, 3.05) is 6.54 Å². The number of benzene rings is 1. The van der Waals surface area contributed by atoms with Crippen LogP contribution < -0.4 is 5.73 Å². The van der Waals surface area contributed by atoms with E-state index in [4.69, 9.17) is 5.73 Å². The van der Waals surface area contributed by atoms with Crippen LogP contribution in [0.25, 0.3) is 0 Å². The van der Waals surface area contributed by atoms with Crippen molar-refractivity contribution in [3.63, 3.8) is 0 Å². The second kappa shape index (κ2) is 7.43. The fraction of sp³-hybridized carbons (Fsp3) is 0.556. The first-order chi connectivity index (χ1) is 10.6. The summed E-state index contributed by atoms with van der Waals surface area (Å²) in [6, 6.07) is 7.92. The molecule has 1 aliphatic rings. The third-order valence-corrected chi connectivity index (χ3v) is 4.52. The fourth-order valence-corrected chi connectivity index (χ4v) is 3.23. The highest BCUT2D eigenvalue weighted by atomic mass is 16.2. The van der Waals surface area contributed by atoms with Crippen molar-refractivity contribution < 1.29 is 9.59 Å². The molecule has 2 amide bonds. The SMILES string of the molecule is CCCCC(CC)C(=O)N1CCc2c[c]ccc2C1C(N)=O. The van der Waals surface area contributed by atoms with E-state index in [1.807, 2.05) is 19.1 Å². The lowest BCUT2D eigenvalue weighted by Gasteiger charge is -2.37. The van der Waals surface area contributed by atoms with Gasteiger partial charge in [0.15, 0.2) is 0 Å². The Hall–Kier alpha value is -1.84. The minimum Gasteiger partial charge on any atom is -0.368 e. The molecule has 2 N–H and O–H groups in total. The summed E-state index contributed by atoms with van der Waals surface area (Å²) >= 11 is 0. The largest absolute Gasteiger partial charge is 0.368 e. The lowest BCUT2D eigenvalue weighted by molar-refractivity contribution is -0.144. The first-order valence-electron chi connectivity index (χ1n) is 8.18. The summed E-state index contributed by atoms with van der Waals surface area (Å²) in [7, 11) is 0. The third kappa shape index (κ3) is 3.32. The van der Waals surface area contributed by atoms with Crippen molar-refractivity contribution in [2.45, 2.75) is 52.0 Å². The lowest BCUT2D eigenvalue weighted by atomic mass is 9.89. The minimum absolute atomic E-state index is 0.0152. The maximum absolute atomic E-state index is 12.9. The summed E-state index contributed by atoms with van der Waals surface area (Å²) in [5.74, 6) is -0.400. The smallest absolute Gasteiger partial charge is 0.244 e. The van der Waals surface area contributed by atoms with Gasteiger partial charge in [-0.25, -0.2) is 0 Å². The molecule has 1 radical (unpaired) electrons. The summed E-state index contributed by atoms with van der Waals surface area (Å²) < 4.78 is 0. The zero-order valence-corrected chi connectivity index (χ0v) is 13.5. The maximum Gasteiger partial charge on any atom is 0.244 e. The van der Waals surface area contributed by atoms with Gasteiger partial charge in [-0.1, -0.05) is 44.9 Å². The number of rotatable bonds is 6. The number of carbonyl (C=O) groups excluding carboxylic acids is 2. The van der Waals surface area contributed by atoms with E-state index in [1.54, 1.807) is 11.0 Å². The van der Waals surface area contributed by atoms with Crippen LogP contribution in [0.1, 0.15) is 56.7 Å². The van der Waals surface area contributed by atoms with Crippen LogP contribution in [0.2, 0.25) is 0 Å². The second-order valence-corrected chi connectivity index (χ2v) is 5.96. The quantitative estimate of drug-likeness (QED) is 0.878. The summed E-state index contributed by atoms with van der Waals surface area (Å²) in [5.41, 5.74) is 7.53. The second-order valence-electron chi connectivity index (χ2n) is 5.96. The number of carbonyl (C=O) groups is 2. The number of nitrogens with zero attached hydrogens (tertiary/aromatic N) is 1. The van der Waals surface area contributed by atoms with E-state index in [2.05, 4.69) is 13.0 Å². The summed E-state index contributed by atoms with van der Waals surface area (Å²) in [4.78, 5) is 26.5. The predicted octanol–water partition coefficient (Wildman–Crippen LogP) is 2.61. The van der Waals surface area contributed by atoms with E-state index in [-0.39, 0.29) is 11.8 Å². The fourth-order valence-electron chi connectivity index (χ4n) is 3.23. The number of nitrogens with two attached hydrogens (primary N) is 1. The molecule has 4 nitrogen and oxygen atoms in total. The number of hydrogen-bond donors (Lipinski definition) is 1. The van der Waals surface area contributed by atoms with E-state index in [0.717, 1.165) is 43.2 Å². The topological polar surface area (TPSA) is 63.4 Å². The van der Waals surface area contributed by atoms with Gasteiger partial charge in [0.1, 0.15) is 6.04 Å². The van der Waals surface area contributed by atoms with E-state index in [9.17, 15) is 9.59 Å². The Morgan fingerprint density at radius 2 is 2.23 bits per heavy atom. The predicted molar refractivity (Wildman–Crippen MR) is 85.9 cm³/mol. The van der Waals surface area contributed by atoms with Crippen LogP contribution in [-0.4, -0.2) is 23.3 Å². The number of primary amides is 1. The lowest BCUT2D eigenvalue weighted by Crippen LogP contribution is -2.47. The third-order valence-electron chi connectivity index (χ3n) is 4.52. The molecule has 2 rings (SSSR count). The van der Waals surface area contributed by atoms with Crippen molar-refractivity contribution in [2.24, 2.45) is 11.7 Å². The molecular weight excluding hydrogens is 276 g/mol.